The van der Waals surface area contributed by atoms with E-state index in [1.54, 1.807) is 31.3 Å². The van der Waals surface area contributed by atoms with Crippen LogP contribution in [0.4, 0.5) is 5.69 Å². The van der Waals surface area contributed by atoms with Crippen LogP contribution in [-0.4, -0.2) is 46.7 Å². The van der Waals surface area contributed by atoms with E-state index in [2.05, 4.69) is 20.9 Å². The standard InChI is InChI=1S/C20H31ClN4O2S/c1-3-28(27)18-7-4-6-17(14-18)25-20(22-2)23-13-5-8-19(26)24-16-11-9-15(21)10-12-16/h9-12,17-18H,3-8,13-14H2,1-2H3,(H,24,26)(H2,22,23,25). The Morgan fingerprint density at radius 3 is 2.71 bits per heavy atom. The van der Waals surface area contributed by atoms with Crippen molar-refractivity contribution in [1.82, 2.24) is 10.6 Å². The van der Waals surface area contributed by atoms with E-state index in [1.165, 1.54) is 0 Å². The van der Waals surface area contributed by atoms with Crippen LogP contribution in [0, 0.1) is 0 Å². The Balaban J connectivity index is 1.67. The average Bonchev–Trinajstić information content (AvgIpc) is 2.71. The molecule has 28 heavy (non-hydrogen) atoms. The number of carbonyl (C=O) groups is 1. The molecule has 0 radical (unpaired) electrons. The van der Waals surface area contributed by atoms with Gasteiger partial charge in [-0.05, 0) is 49.9 Å². The summed E-state index contributed by atoms with van der Waals surface area (Å²) in [5.74, 6) is 1.44. The maximum atomic E-state index is 12.1. The fourth-order valence-corrected chi connectivity index (χ4v) is 4.82. The summed E-state index contributed by atoms with van der Waals surface area (Å²) < 4.78 is 12.1. The second-order valence-corrected chi connectivity index (χ2v) is 9.40. The second-order valence-electron chi connectivity index (χ2n) is 6.96. The van der Waals surface area contributed by atoms with Gasteiger partial charge in [0.25, 0.3) is 0 Å². The Bertz CT molecular complexity index is 681. The molecule has 1 saturated carbocycles. The highest BCUT2D eigenvalue weighted by Crippen LogP contribution is 2.23. The zero-order valence-corrected chi connectivity index (χ0v) is 18.2. The molecule has 0 aliphatic heterocycles. The molecule has 0 bridgehead atoms. The number of benzene rings is 1. The number of halogens is 1. The van der Waals surface area contributed by atoms with Crippen LogP contribution in [-0.2, 0) is 15.6 Å². The van der Waals surface area contributed by atoms with Gasteiger partial charge in [-0.1, -0.05) is 24.9 Å². The van der Waals surface area contributed by atoms with Crippen molar-refractivity contribution in [3.63, 3.8) is 0 Å². The number of anilines is 1. The largest absolute Gasteiger partial charge is 0.356 e. The number of amides is 1. The van der Waals surface area contributed by atoms with E-state index in [9.17, 15) is 9.00 Å². The lowest BCUT2D eigenvalue weighted by Crippen LogP contribution is -2.46. The Morgan fingerprint density at radius 1 is 1.29 bits per heavy atom. The van der Waals surface area contributed by atoms with Crippen LogP contribution in [0.5, 0.6) is 0 Å². The first-order valence-electron chi connectivity index (χ1n) is 9.91. The number of rotatable bonds is 8. The van der Waals surface area contributed by atoms with Gasteiger partial charge in [-0.2, -0.15) is 0 Å². The Kier molecular flexibility index (Phi) is 9.78. The summed E-state index contributed by atoms with van der Waals surface area (Å²) >= 11 is 5.84. The van der Waals surface area contributed by atoms with Gasteiger partial charge < -0.3 is 16.0 Å². The van der Waals surface area contributed by atoms with E-state index in [0.29, 0.717) is 30.5 Å². The SMILES string of the molecule is CCS(=O)C1CCCC(NC(=NC)NCCCC(=O)Nc2ccc(Cl)cc2)C1. The average molecular weight is 427 g/mol. The Morgan fingerprint density at radius 2 is 2.04 bits per heavy atom. The highest BCUT2D eigenvalue weighted by atomic mass is 35.5. The fourth-order valence-electron chi connectivity index (χ4n) is 3.35. The molecule has 1 aliphatic carbocycles. The summed E-state index contributed by atoms with van der Waals surface area (Å²) in [4.78, 5) is 16.3. The van der Waals surface area contributed by atoms with Crippen LogP contribution in [0.1, 0.15) is 45.4 Å². The molecule has 6 nitrogen and oxygen atoms in total. The molecule has 1 amide bonds. The monoisotopic (exact) mass is 426 g/mol. The van der Waals surface area contributed by atoms with E-state index in [-0.39, 0.29) is 11.2 Å². The predicted octanol–water partition coefficient (Wildman–Crippen LogP) is 3.30. The van der Waals surface area contributed by atoms with E-state index in [4.69, 9.17) is 11.6 Å². The number of hydrogen-bond donors (Lipinski definition) is 3. The van der Waals surface area contributed by atoms with E-state index in [0.717, 1.165) is 43.1 Å². The van der Waals surface area contributed by atoms with Crippen LogP contribution in [0.2, 0.25) is 5.02 Å². The van der Waals surface area contributed by atoms with Crippen molar-refractivity contribution < 1.29 is 9.00 Å². The summed E-state index contributed by atoms with van der Waals surface area (Å²) in [7, 11) is 1.01. The molecule has 0 aromatic heterocycles. The summed E-state index contributed by atoms with van der Waals surface area (Å²) in [5.41, 5.74) is 0.746. The quantitative estimate of drug-likeness (QED) is 0.338. The van der Waals surface area contributed by atoms with Crippen molar-refractivity contribution in [2.75, 3.05) is 24.7 Å². The van der Waals surface area contributed by atoms with Gasteiger partial charge in [0.1, 0.15) is 0 Å². The van der Waals surface area contributed by atoms with E-state index < -0.39 is 10.8 Å². The van der Waals surface area contributed by atoms with Gasteiger partial charge in [-0.15, -0.1) is 0 Å². The molecular formula is C20H31ClN4O2S. The number of nitrogens with zero attached hydrogens (tertiary/aromatic N) is 1. The van der Waals surface area contributed by atoms with Gasteiger partial charge >= 0.3 is 0 Å². The number of aliphatic imine (C=N–C) groups is 1. The Hall–Kier alpha value is -1.60. The van der Waals surface area contributed by atoms with Crippen molar-refractivity contribution >= 4 is 40.0 Å². The molecule has 3 atom stereocenters. The molecular weight excluding hydrogens is 396 g/mol. The highest BCUT2D eigenvalue weighted by Gasteiger charge is 2.25. The highest BCUT2D eigenvalue weighted by molar-refractivity contribution is 7.85. The molecule has 3 N–H and O–H groups in total. The maximum absolute atomic E-state index is 12.1. The molecule has 1 aromatic rings. The maximum Gasteiger partial charge on any atom is 0.224 e. The summed E-state index contributed by atoms with van der Waals surface area (Å²) in [6.07, 6.45) is 5.26. The van der Waals surface area contributed by atoms with Gasteiger partial charge in [0.15, 0.2) is 5.96 Å². The third-order valence-electron chi connectivity index (χ3n) is 4.85. The molecule has 0 heterocycles. The molecule has 0 saturated heterocycles. The zero-order chi connectivity index (χ0) is 20.4. The van der Waals surface area contributed by atoms with Crippen molar-refractivity contribution in [3.05, 3.63) is 29.3 Å². The van der Waals surface area contributed by atoms with Crippen LogP contribution in [0.15, 0.2) is 29.3 Å². The van der Waals surface area contributed by atoms with Gasteiger partial charge in [-0.3, -0.25) is 14.0 Å². The minimum Gasteiger partial charge on any atom is -0.356 e. The Labute approximate surface area is 175 Å². The lowest BCUT2D eigenvalue weighted by atomic mass is 9.95. The number of hydrogen-bond acceptors (Lipinski definition) is 3. The molecule has 0 spiro atoms. The van der Waals surface area contributed by atoms with E-state index in [1.807, 2.05) is 6.92 Å². The predicted molar refractivity (Wildman–Crippen MR) is 119 cm³/mol. The normalized spacial score (nSPS) is 21.0. The summed E-state index contributed by atoms with van der Waals surface area (Å²) in [6, 6.07) is 7.37. The zero-order valence-electron chi connectivity index (χ0n) is 16.7. The second kappa shape index (κ2) is 12.1. The third-order valence-corrected chi connectivity index (χ3v) is 6.84. The van der Waals surface area contributed by atoms with Crippen molar-refractivity contribution in [1.29, 1.82) is 0 Å². The first-order valence-corrected chi connectivity index (χ1v) is 11.7. The van der Waals surface area contributed by atoms with Gasteiger partial charge in [0.2, 0.25) is 5.91 Å². The lowest BCUT2D eigenvalue weighted by Gasteiger charge is -2.30. The fraction of sp³-hybridized carbons (Fsp3) is 0.600. The molecule has 3 unspecified atom stereocenters. The van der Waals surface area contributed by atoms with Crippen LogP contribution in [0.3, 0.4) is 0 Å². The third kappa shape index (κ3) is 7.80. The minimum absolute atomic E-state index is 0.0239. The van der Waals surface area contributed by atoms with Gasteiger partial charge in [0, 0.05) is 58.6 Å². The van der Waals surface area contributed by atoms with Gasteiger partial charge in [0.05, 0.1) is 0 Å². The molecule has 2 rings (SSSR count). The minimum atomic E-state index is -0.733. The molecule has 1 fully saturated rings. The molecule has 1 aliphatic rings. The smallest absolute Gasteiger partial charge is 0.224 e. The summed E-state index contributed by atoms with van der Waals surface area (Å²) in [5, 5.41) is 10.5. The van der Waals surface area contributed by atoms with Crippen molar-refractivity contribution in [2.24, 2.45) is 4.99 Å². The number of carbonyl (C=O) groups excluding carboxylic acids is 1. The van der Waals surface area contributed by atoms with Crippen molar-refractivity contribution in [3.8, 4) is 0 Å². The van der Waals surface area contributed by atoms with Crippen LogP contribution >= 0.6 is 11.6 Å². The first kappa shape index (κ1) is 22.7. The number of nitrogens with one attached hydrogen (secondary N) is 3. The van der Waals surface area contributed by atoms with Gasteiger partial charge in [-0.25, -0.2) is 0 Å². The summed E-state index contributed by atoms with van der Waals surface area (Å²) in [6.45, 7) is 2.64. The lowest BCUT2D eigenvalue weighted by molar-refractivity contribution is -0.116. The molecule has 8 heteroatoms. The molecule has 1 aromatic carbocycles. The van der Waals surface area contributed by atoms with Crippen LogP contribution < -0.4 is 16.0 Å². The first-order chi connectivity index (χ1) is 13.5. The van der Waals surface area contributed by atoms with Crippen LogP contribution in [0.25, 0.3) is 0 Å². The number of guanidine groups is 1. The topological polar surface area (TPSA) is 82.6 Å². The van der Waals surface area contributed by atoms with E-state index >= 15 is 0 Å². The van der Waals surface area contributed by atoms with Crippen molar-refractivity contribution in [2.45, 2.75) is 56.7 Å². The molecule has 156 valence electrons.